The van der Waals surface area contributed by atoms with Gasteiger partial charge in [0.25, 0.3) is 0 Å². The van der Waals surface area contributed by atoms with Gasteiger partial charge in [0, 0.05) is 6.10 Å². The Morgan fingerprint density at radius 2 is 1.37 bits per heavy atom. The van der Waals surface area contributed by atoms with Crippen LogP contribution < -0.4 is 0 Å². The van der Waals surface area contributed by atoms with Gasteiger partial charge in [-0.05, 0) is 36.9 Å². The Hall–Kier alpha value is 0.177. The lowest BCUT2D eigenvalue weighted by Crippen LogP contribution is -2.44. The highest BCUT2D eigenvalue weighted by Crippen LogP contribution is 2.36. The quantitative estimate of drug-likeness (QED) is 0.462. The van der Waals surface area contributed by atoms with E-state index in [0.717, 1.165) is 5.92 Å². The van der Waals surface area contributed by atoms with Crippen LogP contribution >= 0.6 is 0 Å². The first-order valence-corrected chi connectivity index (χ1v) is 11.4. The molecule has 0 spiro atoms. The first-order chi connectivity index (χ1) is 9.21. The minimum absolute atomic E-state index is 0.607. The third-order valence-electron chi connectivity index (χ3n) is 4.88. The summed E-state index contributed by atoms with van der Waals surface area (Å²) in [5, 5.41) is 0. The molecule has 114 valence electrons. The van der Waals surface area contributed by atoms with E-state index in [4.69, 9.17) is 4.43 Å². The van der Waals surface area contributed by atoms with E-state index in [1.807, 2.05) is 0 Å². The Labute approximate surface area is 122 Å². The van der Waals surface area contributed by atoms with Crippen LogP contribution in [0.3, 0.4) is 0 Å². The summed E-state index contributed by atoms with van der Waals surface area (Å²) in [6.07, 6.45) is 11.5. The molecule has 2 atom stereocenters. The Bertz CT molecular complexity index is 212. The molecule has 0 N–H and O–H groups in total. The maximum atomic E-state index is 6.94. The summed E-state index contributed by atoms with van der Waals surface area (Å²) >= 11 is 0. The molecule has 0 aromatic heterocycles. The smallest absolute Gasteiger partial charge is 0.193 e. The van der Waals surface area contributed by atoms with Crippen LogP contribution in [0.25, 0.3) is 0 Å². The predicted octanol–water partition coefficient (Wildman–Crippen LogP) is 6.15. The van der Waals surface area contributed by atoms with Gasteiger partial charge in [-0.2, -0.15) is 0 Å². The lowest BCUT2D eigenvalue weighted by Gasteiger charge is -2.40. The molecule has 19 heavy (non-hydrogen) atoms. The maximum Gasteiger partial charge on any atom is 0.193 e. The van der Waals surface area contributed by atoms with Gasteiger partial charge in [-0.3, -0.25) is 0 Å². The molecule has 1 rings (SSSR count). The molecular weight excluding hydrogens is 248 g/mol. The van der Waals surface area contributed by atoms with Crippen molar-refractivity contribution in [2.45, 2.75) is 103 Å². The van der Waals surface area contributed by atoms with Crippen LogP contribution in [-0.2, 0) is 4.43 Å². The summed E-state index contributed by atoms with van der Waals surface area (Å²) < 4.78 is 6.94. The van der Waals surface area contributed by atoms with Crippen molar-refractivity contribution >= 4 is 8.32 Å². The Balaban J connectivity index is 2.72. The molecule has 0 heterocycles. The molecule has 1 saturated carbocycles. The molecule has 1 aliphatic rings. The van der Waals surface area contributed by atoms with Crippen molar-refractivity contribution in [3.05, 3.63) is 0 Å². The summed E-state index contributed by atoms with van der Waals surface area (Å²) in [6, 6.07) is 4.17. The van der Waals surface area contributed by atoms with Crippen molar-refractivity contribution in [1.29, 1.82) is 0 Å². The highest BCUT2D eigenvalue weighted by Gasteiger charge is 2.37. The van der Waals surface area contributed by atoms with Crippen LogP contribution in [0.5, 0.6) is 0 Å². The molecule has 0 amide bonds. The van der Waals surface area contributed by atoms with E-state index < -0.39 is 8.32 Å². The van der Waals surface area contributed by atoms with Crippen molar-refractivity contribution in [2.75, 3.05) is 0 Å². The minimum atomic E-state index is -1.44. The maximum absolute atomic E-state index is 6.94. The molecule has 1 fully saturated rings. The van der Waals surface area contributed by atoms with Gasteiger partial charge < -0.3 is 4.43 Å². The summed E-state index contributed by atoms with van der Waals surface area (Å²) in [5.41, 5.74) is 0. The topological polar surface area (TPSA) is 9.23 Å². The van der Waals surface area contributed by atoms with Crippen molar-refractivity contribution in [2.24, 2.45) is 5.92 Å². The van der Waals surface area contributed by atoms with Gasteiger partial charge in [-0.1, -0.05) is 66.2 Å². The molecule has 0 bridgehead atoms. The van der Waals surface area contributed by atoms with Crippen molar-refractivity contribution < 1.29 is 4.43 Å². The number of rotatable bonds is 9. The Kier molecular flexibility index (Phi) is 8.32. The summed E-state index contributed by atoms with van der Waals surface area (Å²) in [6.45, 7) is 9.38. The molecule has 2 heteroatoms. The zero-order chi connectivity index (χ0) is 14.1. The van der Waals surface area contributed by atoms with Crippen molar-refractivity contribution in [3.8, 4) is 0 Å². The highest BCUT2D eigenvalue weighted by molar-refractivity contribution is 6.73. The molecular formula is C17H36OSi. The van der Waals surface area contributed by atoms with E-state index in [1.54, 1.807) is 0 Å². The van der Waals surface area contributed by atoms with E-state index in [1.165, 1.54) is 69.5 Å². The van der Waals surface area contributed by atoms with E-state index >= 15 is 0 Å². The lowest BCUT2D eigenvalue weighted by atomic mass is 9.85. The van der Waals surface area contributed by atoms with Gasteiger partial charge in [-0.25, -0.2) is 0 Å². The summed E-state index contributed by atoms with van der Waals surface area (Å²) in [7, 11) is -1.44. The largest absolute Gasteiger partial charge is 0.414 e. The van der Waals surface area contributed by atoms with E-state index in [0.29, 0.717) is 6.10 Å². The van der Waals surface area contributed by atoms with Crippen LogP contribution in [0, 0.1) is 5.92 Å². The summed E-state index contributed by atoms with van der Waals surface area (Å²) in [5.74, 6) is 0.853. The molecule has 0 aliphatic heterocycles. The summed E-state index contributed by atoms with van der Waals surface area (Å²) in [4.78, 5) is 0. The standard InChI is InChI=1S/C17H36OSi/c1-5-13-19(14-6-2,15-7-3)18-17-12-10-9-11-16(17)8-4/h16-17H,5-15H2,1-4H3. The van der Waals surface area contributed by atoms with Gasteiger partial charge in [0.15, 0.2) is 8.32 Å². The van der Waals surface area contributed by atoms with Crippen molar-refractivity contribution in [1.82, 2.24) is 0 Å². The molecule has 1 aliphatic carbocycles. The Morgan fingerprint density at radius 3 is 1.84 bits per heavy atom. The Morgan fingerprint density at radius 1 is 0.842 bits per heavy atom. The fraction of sp³-hybridized carbons (Fsp3) is 1.00. The average Bonchev–Trinajstić information content (AvgIpc) is 2.40. The fourth-order valence-corrected chi connectivity index (χ4v) is 8.83. The van der Waals surface area contributed by atoms with E-state index in [9.17, 15) is 0 Å². The first kappa shape index (κ1) is 17.2. The molecule has 2 unspecified atom stereocenters. The van der Waals surface area contributed by atoms with Gasteiger partial charge in [0.1, 0.15) is 0 Å². The lowest BCUT2D eigenvalue weighted by molar-refractivity contribution is 0.0787. The monoisotopic (exact) mass is 284 g/mol. The minimum Gasteiger partial charge on any atom is -0.414 e. The second-order valence-corrected chi connectivity index (χ2v) is 10.6. The molecule has 0 radical (unpaired) electrons. The second kappa shape index (κ2) is 9.18. The molecule has 1 nitrogen and oxygen atoms in total. The molecule has 0 aromatic carbocycles. The van der Waals surface area contributed by atoms with Gasteiger partial charge >= 0.3 is 0 Å². The van der Waals surface area contributed by atoms with E-state index in [2.05, 4.69) is 27.7 Å². The predicted molar refractivity (Wildman–Crippen MR) is 88.2 cm³/mol. The zero-order valence-electron chi connectivity index (χ0n) is 13.8. The molecule has 0 saturated heterocycles. The van der Waals surface area contributed by atoms with Gasteiger partial charge in [-0.15, -0.1) is 0 Å². The number of hydrogen-bond acceptors (Lipinski definition) is 1. The third kappa shape index (κ3) is 5.22. The van der Waals surface area contributed by atoms with Crippen LogP contribution in [-0.4, -0.2) is 14.4 Å². The number of hydrogen-bond donors (Lipinski definition) is 0. The van der Waals surface area contributed by atoms with E-state index in [-0.39, 0.29) is 0 Å². The average molecular weight is 285 g/mol. The molecule has 0 aromatic rings. The zero-order valence-corrected chi connectivity index (χ0v) is 14.8. The van der Waals surface area contributed by atoms with Gasteiger partial charge in [0.05, 0.1) is 0 Å². The first-order valence-electron chi connectivity index (χ1n) is 8.89. The second-order valence-electron chi connectivity index (χ2n) is 6.54. The SMILES string of the molecule is CCC[Si](CCC)(CCC)OC1CCCCC1CC. The normalized spacial score (nSPS) is 24.6. The van der Waals surface area contributed by atoms with Gasteiger partial charge in [0.2, 0.25) is 0 Å². The fourth-order valence-electron chi connectivity index (χ4n) is 4.04. The van der Waals surface area contributed by atoms with Crippen LogP contribution in [0.15, 0.2) is 0 Å². The van der Waals surface area contributed by atoms with Crippen molar-refractivity contribution in [3.63, 3.8) is 0 Å². The van der Waals surface area contributed by atoms with Crippen LogP contribution in [0.4, 0.5) is 0 Å². The van der Waals surface area contributed by atoms with Crippen LogP contribution in [0.2, 0.25) is 18.1 Å². The highest BCUT2D eigenvalue weighted by atomic mass is 28.4. The van der Waals surface area contributed by atoms with Crippen LogP contribution in [0.1, 0.15) is 79.1 Å². The third-order valence-corrected chi connectivity index (χ3v) is 9.92.